The van der Waals surface area contributed by atoms with Gasteiger partial charge in [0.1, 0.15) is 29.5 Å². The molecule has 0 aliphatic carbocycles. The average Bonchev–Trinajstić information content (AvgIpc) is 3.04. The Hall–Kier alpha value is -1.49. The summed E-state index contributed by atoms with van der Waals surface area (Å²) in [5.41, 5.74) is 0. The molecule has 0 saturated carbocycles. The molecular weight excluding hydrogens is 326 g/mol. The van der Waals surface area contributed by atoms with Crippen molar-refractivity contribution in [3.8, 4) is 5.75 Å². The Kier molecular flexibility index (Phi) is 4.79. The summed E-state index contributed by atoms with van der Waals surface area (Å²) in [5.74, 6) is 2.73. The summed E-state index contributed by atoms with van der Waals surface area (Å²) < 4.78 is 17.7. The number of rotatable bonds is 5. The lowest BCUT2D eigenvalue weighted by Gasteiger charge is -2.38. The lowest BCUT2D eigenvalue weighted by Crippen LogP contribution is -2.53. The third-order valence-corrected chi connectivity index (χ3v) is 4.93. The molecule has 0 radical (unpaired) electrons. The summed E-state index contributed by atoms with van der Waals surface area (Å²) in [7, 11) is 0. The second-order valence-electron chi connectivity index (χ2n) is 6.52. The third-order valence-electron chi connectivity index (χ3n) is 4.61. The maximum absolute atomic E-state index is 6.13. The summed E-state index contributed by atoms with van der Waals surface area (Å²) in [5, 5.41) is 0.666. The van der Waals surface area contributed by atoms with Crippen LogP contribution in [0.2, 0.25) is 5.02 Å². The molecule has 2 saturated heterocycles. The first kappa shape index (κ1) is 16.0. The van der Waals surface area contributed by atoms with Crippen molar-refractivity contribution < 1.29 is 13.9 Å². The Bertz CT molecular complexity index is 675. The predicted octanol–water partition coefficient (Wildman–Crippen LogP) is 4.44. The molecule has 0 amide bonds. The van der Waals surface area contributed by atoms with E-state index < -0.39 is 0 Å². The van der Waals surface area contributed by atoms with E-state index in [4.69, 9.17) is 25.5 Å². The first-order valence-electron chi connectivity index (χ1n) is 8.62. The van der Waals surface area contributed by atoms with Crippen LogP contribution in [0.1, 0.15) is 36.9 Å². The molecule has 128 valence electrons. The van der Waals surface area contributed by atoms with Crippen LogP contribution in [-0.2, 0) is 11.3 Å². The molecule has 4 nitrogen and oxygen atoms in total. The lowest BCUT2D eigenvalue weighted by atomic mass is 10.1. The molecule has 1 atom stereocenters. The van der Waals surface area contributed by atoms with E-state index in [0.29, 0.717) is 5.02 Å². The van der Waals surface area contributed by atoms with Crippen molar-refractivity contribution in [3.63, 3.8) is 0 Å². The van der Waals surface area contributed by atoms with Gasteiger partial charge in [-0.1, -0.05) is 23.7 Å². The zero-order valence-corrected chi connectivity index (χ0v) is 14.4. The summed E-state index contributed by atoms with van der Waals surface area (Å²) in [4.78, 5) is 2.31. The lowest BCUT2D eigenvalue weighted by molar-refractivity contribution is -0.00378. The van der Waals surface area contributed by atoms with Crippen LogP contribution in [0, 0.1) is 0 Å². The number of para-hydroxylation sites is 1. The van der Waals surface area contributed by atoms with E-state index in [1.165, 1.54) is 6.42 Å². The molecule has 0 N–H and O–H groups in total. The molecular formula is C19H22ClNO3. The number of ether oxygens (including phenoxy) is 2. The highest BCUT2D eigenvalue weighted by atomic mass is 35.5. The first-order chi connectivity index (χ1) is 11.8. The predicted molar refractivity (Wildman–Crippen MR) is 92.4 cm³/mol. The molecule has 0 bridgehead atoms. The van der Waals surface area contributed by atoms with Crippen LogP contribution in [0.5, 0.6) is 5.75 Å². The highest BCUT2D eigenvalue weighted by Crippen LogP contribution is 2.30. The second kappa shape index (κ2) is 7.18. The van der Waals surface area contributed by atoms with Crippen molar-refractivity contribution in [3.05, 3.63) is 52.9 Å². The van der Waals surface area contributed by atoms with Crippen molar-refractivity contribution >= 4 is 11.6 Å². The highest BCUT2D eigenvalue weighted by Gasteiger charge is 2.30. The van der Waals surface area contributed by atoms with Gasteiger partial charge < -0.3 is 13.9 Å². The molecule has 4 rings (SSSR count). The van der Waals surface area contributed by atoms with Crippen LogP contribution < -0.4 is 4.74 Å². The van der Waals surface area contributed by atoms with Gasteiger partial charge in [-0.2, -0.15) is 0 Å². The summed E-state index contributed by atoms with van der Waals surface area (Å²) >= 11 is 6.13. The Balaban J connectivity index is 1.26. The Labute approximate surface area is 147 Å². The molecule has 0 spiro atoms. The number of likely N-dealkylation sites (tertiary alicyclic amines) is 1. The number of hydrogen-bond donors (Lipinski definition) is 0. The average molecular weight is 348 g/mol. The fourth-order valence-corrected chi connectivity index (χ4v) is 3.46. The van der Waals surface area contributed by atoms with Gasteiger partial charge >= 0.3 is 0 Å². The van der Waals surface area contributed by atoms with E-state index in [-0.39, 0.29) is 12.2 Å². The van der Waals surface area contributed by atoms with Crippen LogP contribution in [-0.4, -0.2) is 30.7 Å². The number of benzene rings is 1. The Morgan fingerprint density at radius 3 is 2.79 bits per heavy atom. The van der Waals surface area contributed by atoms with Crippen molar-refractivity contribution in [1.82, 2.24) is 4.90 Å². The smallest absolute Gasteiger partial charge is 0.138 e. The van der Waals surface area contributed by atoms with Crippen molar-refractivity contribution in [1.29, 1.82) is 0 Å². The number of furan rings is 1. The number of nitrogens with zero attached hydrogens (tertiary/aromatic N) is 1. The molecule has 2 aliphatic rings. The molecule has 1 aromatic heterocycles. The quantitative estimate of drug-likeness (QED) is 0.801. The Morgan fingerprint density at radius 1 is 1.12 bits per heavy atom. The van der Waals surface area contributed by atoms with Gasteiger partial charge in [-0.3, -0.25) is 4.90 Å². The van der Waals surface area contributed by atoms with E-state index in [2.05, 4.69) is 17.0 Å². The molecule has 5 heteroatoms. The van der Waals surface area contributed by atoms with E-state index in [1.807, 2.05) is 24.3 Å². The van der Waals surface area contributed by atoms with E-state index in [0.717, 1.165) is 56.4 Å². The molecule has 1 unspecified atom stereocenters. The second-order valence-corrected chi connectivity index (χ2v) is 6.93. The zero-order chi connectivity index (χ0) is 16.4. The van der Waals surface area contributed by atoms with Crippen LogP contribution in [0.3, 0.4) is 0 Å². The summed E-state index contributed by atoms with van der Waals surface area (Å²) in [6, 6.07) is 11.7. The van der Waals surface area contributed by atoms with Gasteiger partial charge in [-0.05, 0) is 43.5 Å². The van der Waals surface area contributed by atoms with Gasteiger partial charge in [0.15, 0.2) is 0 Å². The SMILES string of the molecule is Clc1ccccc1OC1CN(Cc2ccc(C3CCCCO3)o2)C1. The van der Waals surface area contributed by atoms with Crippen molar-refractivity contribution in [2.75, 3.05) is 19.7 Å². The summed E-state index contributed by atoms with van der Waals surface area (Å²) in [6.45, 7) is 3.44. The Morgan fingerprint density at radius 2 is 2.00 bits per heavy atom. The van der Waals surface area contributed by atoms with Crippen LogP contribution in [0.15, 0.2) is 40.8 Å². The molecule has 2 aliphatic heterocycles. The minimum absolute atomic E-state index is 0.139. The summed E-state index contributed by atoms with van der Waals surface area (Å²) in [6.07, 6.45) is 3.77. The van der Waals surface area contributed by atoms with Crippen LogP contribution in [0.25, 0.3) is 0 Å². The third kappa shape index (κ3) is 3.61. The van der Waals surface area contributed by atoms with E-state index in [9.17, 15) is 0 Å². The molecule has 3 heterocycles. The van der Waals surface area contributed by atoms with E-state index in [1.54, 1.807) is 0 Å². The van der Waals surface area contributed by atoms with Crippen molar-refractivity contribution in [2.24, 2.45) is 0 Å². The molecule has 2 fully saturated rings. The van der Waals surface area contributed by atoms with Gasteiger partial charge in [0.25, 0.3) is 0 Å². The van der Waals surface area contributed by atoms with Gasteiger partial charge in [-0.15, -0.1) is 0 Å². The van der Waals surface area contributed by atoms with E-state index >= 15 is 0 Å². The van der Waals surface area contributed by atoms with Crippen molar-refractivity contribution in [2.45, 2.75) is 38.0 Å². The minimum Gasteiger partial charge on any atom is -0.486 e. The highest BCUT2D eigenvalue weighted by molar-refractivity contribution is 6.32. The zero-order valence-electron chi connectivity index (χ0n) is 13.6. The van der Waals surface area contributed by atoms with Gasteiger partial charge in [0, 0.05) is 19.7 Å². The fourth-order valence-electron chi connectivity index (χ4n) is 3.28. The fraction of sp³-hybridized carbons (Fsp3) is 0.474. The topological polar surface area (TPSA) is 34.8 Å². The van der Waals surface area contributed by atoms with Gasteiger partial charge in [0.2, 0.25) is 0 Å². The maximum atomic E-state index is 6.13. The maximum Gasteiger partial charge on any atom is 0.138 e. The largest absolute Gasteiger partial charge is 0.486 e. The molecule has 2 aromatic rings. The van der Waals surface area contributed by atoms with Crippen LogP contribution in [0.4, 0.5) is 0 Å². The monoisotopic (exact) mass is 347 g/mol. The minimum atomic E-state index is 0.139. The van der Waals surface area contributed by atoms with Gasteiger partial charge in [0.05, 0.1) is 11.6 Å². The molecule has 1 aromatic carbocycles. The standard InChI is InChI=1S/C19H22ClNO3/c20-16-5-1-2-6-17(16)24-15-12-21(13-15)11-14-8-9-19(23-14)18-7-3-4-10-22-18/h1-2,5-6,8-9,15,18H,3-4,7,10-13H2. The normalized spacial score (nSPS) is 22.3. The molecule has 24 heavy (non-hydrogen) atoms. The first-order valence-corrected chi connectivity index (χ1v) is 8.99. The number of hydrogen-bond acceptors (Lipinski definition) is 4. The number of halogens is 1. The van der Waals surface area contributed by atoms with Gasteiger partial charge in [-0.25, -0.2) is 0 Å². The van der Waals surface area contributed by atoms with Crippen LogP contribution >= 0.6 is 11.6 Å².